The molecular formula is C19H18ClN3O3. The number of hydrogen-bond donors (Lipinski definition) is 2. The van der Waals surface area contributed by atoms with E-state index in [1.54, 1.807) is 31.2 Å². The third-order valence-corrected chi connectivity index (χ3v) is 4.65. The largest absolute Gasteiger partial charge is 0.350 e. The molecule has 6 nitrogen and oxygen atoms in total. The third-order valence-electron chi connectivity index (χ3n) is 4.32. The Kier molecular flexibility index (Phi) is 4.95. The average molecular weight is 372 g/mol. The number of urea groups is 1. The Bertz CT molecular complexity index is 856. The summed E-state index contributed by atoms with van der Waals surface area (Å²) in [6.45, 7) is 1.55. The minimum absolute atomic E-state index is 0.325. The van der Waals surface area contributed by atoms with Crippen LogP contribution in [-0.2, 0) is 21.7 Å². The summed E-state index contributed by atoms with van der Waals surface area (Å²) in [6, 6.07) is 15.6. The summed E-state index contributed by atoms with van der Waals surface area (Å²) in [6.07, 6.45) is 0. The second kappa shape index (κ2) is 7.17. The second-order valence-corrected chi connectivity index (χ2v) is 6.60. The molecule has 0 bridgehead atoms. The molecule has 26 heavy (non-hydrogen) atoms. The molecule has 2 aromatic rings. The van der Waals surface area contributed by atoms with E-state index in [1.165, 1.54) is 0 Å². The van der Waals surface area contributed by atoms with Crippen LogP contribution in [0.5, 0.6) is 0 Å². The van der Waals surface area contributed by atoms with Crippen LogP contribution >= 0.6 is 11.6 Å². The number of hydrogen-bond acceptors (Lipinski definition) is 3. The van der Waals surface area contributed by atoms with Gasteiger partial charge in [-0.25, -0.2) is 4.79 Å². The van der Waals surface area contributed by atoms with Crippen molar-refractivity contribution in [3.63, 3.8) is 0 Å². The van der Waals surface area contributed by atoms with Gasteiger partial charge in [-0.05, 0) is 18.6 Å². The number of nitrogens with one attached hydrogen (secondary N) is 2. The molecule has 0 aromatic heterocycles. The maximum Gasteiger partial charge on any atom is 0.325 e. The number of carbonyl (C=O) groups excluding carboxylic acids is 3. The Morgan fingerprint density at radius 1 is 1.12 bits per heavy atom. The molecule has 0 radical (unpaired) electrons. The van der Waals surface area contributed by atoms with Crippen LogP contribution in [0.4, 0.5) is 4.79 Å². The predicted octanol–water partition coefficient (Wildman–Crippen LogP) is 2.42. The van der Waals surface area contributed by atoms with Crippen molar-refractivity contribution in [2.75, 3.05) is 6.54 Å². The van der Waals surface area contributed by atoms with Crippen molar-refractivity contribution >= 4 is 29.4 Å². The highest BCUT2D eigenvalue weighted by Crippen LogP contribution is 2.33. The lowest BCUT2D eigenvalue weighted by molar-refractivity contribution is -0.134. The first kappa shape index (κ1) is 17.9. The van der Waals surface area contributed by atoms with E-state index in [-0.39, 0.29) is 6.54 Å². The van der Waals surface area contributed by atoms with Gasteiger partial charge in [-0.1, -0.05) is 60.1 Å². The Morgan fingerprint density at radius 2 is 1.77 bits per heavy atom. The standard InChI is InChI=1S/C19H18ClN3O3/c1-19(14-9-5-6-10-15(14)20)17(25)23(18(26)22-19)12-16(24)21-11-13-7-3-2-4-8-13/h2-10H,11-12H2,1H3,(H,21,24)(H,22,26)/t19-/m0/s1. The van der Waals surface area contributed by atoms with Crippen molar-refractivity contribution in [2.45, 2.75) is 19.0 Å². The van der Waals surface area contributed by atoms with E-state index in [9.17, 15) is 14.4 Å². The van der Waals surface area contributed by atoms with Gasteiger partial charge in [-0.3, -0.25) is 14.5 Å². The number of halogens is 1. The number of imide groups is 1. The number of benzene rings is 2. The van der Waals surface area contributed by atoms with E-state index >= 15 is 0 Å². The van der Waals surface area contributed by atoms with E-state index in [1.807, 2.05) is 30.3 Å². The summed E-state index contributed by atoms with van der Waals surface area (Å²) in [7, 11) is 0. The maximum atomic E-state index is 12.8. The average Bonchev–Trinajstić information content (AvgIpc) is 2.85. The van der Waals surface area contributed by atoms with Gasteiger partial charge in [0.05, 0.1) is 0 Å². The molecule has 4 amide bonds. The fraction of sp³-hybridized carbons (Fsp3) is 0.211. The quantitative estimate of drug-likeness (QED) is 0.792. The second-order valence-electron chi connectivity index (χ2n) is 6.19. The topological polar surface area (TPSA) is 78.5 Å². The number of nitrogens with zero attached hydrogens (tertiary/aromatic N) is 1. The fourth-order valence-electron chi connectivity index (χ4n) is 2.89. The molecule has 2 N–H and O–H groups in total. The van der Waals surface area contributed by atoms with Crippen LogP contribution in [0.25, 0.3) is 0 Å². The smallest absolute Gasteiger partial charge is 0.325 e. The zero-order chi connectivity index (χ0) is 18.7. The molecule has 0 saturated carbocycles. The van der Waals surface area contributed by atoms with Gasteiger partial charge >= 0.3 is 6.03 Å². The first-order chi connectivity index (χ1) is 12.4. The maximum absolute atomic E-state index is 12.8. The fourth-order valence-corrected chi connectivity index (χ4v) is 3.21. The zero-order valence-corrected chi connectivity index (χ0v) is 14.9. The molecule has 1 aliphatic rings. The first-order valence-corrected chi connectivity index (χ1v) is 8.49. The van der Waals surface area contributed by atoms with Crippen LogP contribution in [0.2, 0.25) is 5.02 Å². The first-order valence-electron chi connectivity index (χ1n) is 8.11. The predicted molar refractivity (Wildman–Crippen MR) is 97.3 cm³/mol. The molecule has 0 spiro atoms. The van der Waals surface area contributed by atoms with E-state index < -0.39 is 23.4 Å². The van der Waals surface area contributed by atoms with Crippen molar-refractivity contribution < 1.29 is 14.4 Å². The van der Waals surface area contributed by atoms with E-state index in [0.29, 0.717) is 17.1 Å². The molecular weight excluding hydrogens is 354 g/mol. The van der Waals surface area contributed by atoms with Crippen molar-refractivity contribution in [1.29, 1.82) is 0 Å². The normalized spacial score (nSPS) is 19.4. The highest BCUT2D eigenvalue weighted by molar-refractivity contribution is 6.32. The molecule has 2 aromatic carbocycles. The van der Waals surface area contributed by atoms with E-state index in [4.69, 9.17) is 11.6 Å². The summed E-state index contributed by atoms with van der Waals surface area (Å²) in [4.78, 5) is 38.1. The molecule has 1 saturated heterocycles. The lowest BCUT2D eigenvalue weighted by Crippen LogP contribution is -2.43. The highest BCUT2D eigenvalue weighted by Gasteiger charge is 2.50. The summed E-state index contributed by atoms with van der Waals surface area (Å²) >= 11 is 6.18. The van der Waals surface area contributed by atoms with Crippen molar-refractivity contribution in [3.8, 4) is 0 Å². The number of carbonyl (C=O) groups is 3. The van der Waals surface area contributed by atoms with Crippen molar-refractivity contribution in [2.24, 2.45) is 0 Å². The van der Waals surface area contributed by atoms with Gasteiger partial charge in [0.1, 0.15) is 12.1 Å². The van der Waals surface area contributed by atoms with Crippen LogP contribution in [0.15, 0.2) is 54.6 Å². The SMILES string of the molecule is C[C@@]1(c2ccccc2Cl)NC(=O)N(CC(=O)NCc2ccccc2)C1=O. The van der Waals surface area contributed by atoms with Gasteiger partial charge in [0.15, 0.2) is 0 Å². The lowest BCUT2D eigenvalue weighted by atomic mass is 9.92. The third kappa shape index (κ3) is 3.41. The van der Waals surface area contributed by atoms with Crippen LogP contribution in [-0.4, -0.2) is 29.3 Å². The van der Waals surface area contributed by atoms with Gasteiger partial charge in [0.2, 0.25) is 5.91 Å². The molecule has 1 atom stereocenters. The van der Waals surface area contributed by atoms with Crippen LogP contribution < -0.4 is 10.6 Å². The summed E-state index contributed by atoms with van der Waals surface area (Å²) in [5, 5.41) is 5.72. The van der Waals surface area contributed by atoms with Gasteiger partial charge in [-0.2, -0.15) is 0 Å². The van der Waals surface area contributed by atoms with Crippen LogP contribution in [0.3, 0.4) is 0 Å². The molecule has 0 aliphatic carbocycles. The minimum atomic E-state index is -1.30. The highest BCUT2D eigenvalue weighted by atomic mass is 35.5. The Balaban J connectivity index is 1.69. The molecule has 0 unspecified atom stereocenters. The van der Waals surface area contributed by atoms with Crippen LogP contribution in [0, 0.1) is 0 Å². The monoisotopic (exact) mass is 371 g/mol. The van der Waals surface area contributed by atoms with Gasteiger partial charge < -0.3 is 10.6 Å². The summed E-state index contributed by atoms with van der Waals surface area (Å²) in [5.41, 5.74) is 0.126. The summed E-state index contributed by atoms with van der Waals surface area (Å²) < 4.78 is 0. The molecule has 7 heteroatoms. The molecule has 3 rings (SSSR count). The van der Waals surface area contributed by atoms with Crippen LogP contribution in [0.1, 0.15) is 18.1 Å². The number of amides is 4. The van der Waals surface area contributed by atoms with Gasteiger partial charge in [0.25, 0.3) is 5.91 Å². The lowest BCUT2D eigenvalue weighted by Gasteiger charge is -2.23. The zero-order valence-electron chi connectivity index (χ0n) is 14.2. The Hall–Kier alpha value is -2.86. The minimum Gasteiger partial charge on any atom is -0.350 e. The van der Waals surface area contributed by atoms with E-state index in [0.717, 1.165) is 10.5 Å². The summed E-state index contributed by atoms with van der Waals surface area (Å²) in [5.74, 6) is -0.925. The molecule has 134 valence electrons. The molecule has 1 heterocycles. The van der Waals surface area contributed by atoms with Gasteiger partial charge in [-0.15, -0.1) is 0 Å². The van der Waals surface area contributed by atoms with Gasteiger partial charge in [0, 0.05) is 17.1 Å². The molecule has 1 aliphatic heterocycles. The van der Waals surface area contributed by atoms with Crippen molar-refractivity contribution in [3.05, 3.63) is 70.7 Å². The Morgan fingerprint density at radius 3 is 2.46 bits per heavy atom. The molecule has 1 fully saturated rings. The number of rotatable bonds is 5. The van der Waals surface area contributed by atoms with E-state index in [2.05, 4.69) is 10.6 Å². The van der Waals surface area contributed by atoms with Crippen molar-refractivity contribution in [1.82, 2.24) is 15.5 Å². The Labute approximate surface area is 156 Å².